The third-order valence-corrected chi connectivity index (χ3v) is 4.41. The van der Waals surface area contributed by atoms with Crippen molar-refractivity contribution in [1.82, 2.24) is 9.80 Å². The van der Waals surface area contributed by atoms with Gasteiger partial charge in [0, 0.05) is 18.1 Å². The van der Waals surface area contributed by atoms with Crippen LogP contribution in [0.5, 0.6) is 0 Å². The number of piperidine rings is 1. The molecule has 0 bridgehead atoms. The van der Waals surface area contributed by atoms with Crippen molar-refractivity contribution in [2.45, 2.75) is 57.7 Å². The molecule has 2 atom stereocenters. The van der Waals surface area contributed by atoms with Crippen LogP contribution in [0.15, 0.2) is 0 Å². The van der Waals surface area contributed by atoms with Crippen LogP contribution in [-0.2, 0) is 0 Å². The molecule has 1 aliphatic rings. The van der Waals surface area contributed by atoms with Gasteiger partial charge in [-0.2, -0.15) is 0 Å². The summed E-state index contributed by atoms with van der Waals surface area (Å²) in [7, 11) is 2.13. The molecule has 0 aromatic carbocycles. The van der Waals surface area contributed by atoms with Crippen molar-refractivity contribution in [2.75, 3.05) is 33.3 Å². The lowest BCUT2D eigenvalue weighted by molar-refractivity contribution is 0.0548. The molecule has 0 radical (unpaired) electrons. The predicted octanol–water partition coefficient (Wildman–Crippen LogP) is 0.891. The molecule has 1 saturated heterocycles. The standard InChI is InChI=1S/C14H31N3O/c1-4-6-13(15)14(11-18)16(3)12-7-9-17(5-2)10-8-12/h12-14,18H,4-11,15H2,1-3H3. The Hall–Kier alpha value is -0.160. The summed E-state index contributed by atoms with van der Waals surface area (Å²) in [5.74, 6) is 0. The third-order valence-electron chi connectivity index (χ3n) is 4.41. The molecule has 0 saturated carbocycles. The first kappa shape index (κ1) is 15.9. The highest BCUT2D eigenvalue weighted by atomic mass is 16.3. The van der Waals surface area contributed by atoms with E-state index < -0.39 is 0 Å². The molecule has 1 rings (SSSR count). The lowest BCUT2D eigenvalue weighted by Gasteiger charge is -2.41. The fourth-order valence-corrected chi connectivity index (χ4v) is 3.01. The van der Waals surface area contributed by atoms with Gasteiger partial charge in [-0.25, -0.2) is 0 Å². The molecule has 0 aliphatic carbocycles. The zero-order valence-corrected chi connectivity index (χ0v) is 12.3. The van der Waals surface area contributed by atoms with Gasteiger partial charge in [0.15, 0.2) is 0 Å². The molecule has 0 amide bonds. The predicted molar refractivity (Wildman–Crippen MR) is 76.7 cm³/mol. The number of aliphatic hydroxyl groups is 1. The van der Waals surface area contributed by atoms with Crippen LogP contribution in [0.2, 0.25) is 0 Å². The Morgan fingerprint density at radius 1 is 1.33 bits per heavy atom. The van der Waals surface area contributed by atoms with Crippen LogP contribution in [0.25, 0.3) is 0 Å². The molecule has 1 heterocycles. The summed E-state index contributed by atoms with van der Waals surface area (Å²) >= 11 is 0. The lowest BCUT2D eigenvalue weighted by Crippen LogP contribution is -2.54. The molecule has 1 fully saturated rings. The molecule has 3 N–H and O–H groups in total. The van der Waals surface area contributed by atoms with E-state index in [-0.39, 0.29) is 18.7 Å². The van der Waals surface area contributed by atoms with Crippen molar-refractivity contribution in [3.63, 3.8) is 0 Å². The van der Waals surface area contributed by atoms with Crippen LogP contribution in [0.4, 0.5) is 0 Å². The van der Waals surface area contributed by atoms with E-state index in [1.54, 1.807) is 0 Å². The van der Waals surface area contributed by atoms with Crippen molar-refractivity contribution in [1.29, 1.82) is 0 Å². The summed E-state index contributed by atoms with van der Waals surface area (Å²) in [6.07, 6.45) is 4.46. The molecule has 0 aromatic heterocycles. The Kier molecular flexibility index (Phi) is 7.15. The topological polar surface area (TPSA) is 52.7 Å². The minimum absolute atomic E-state index is 0.0919. The van der Waals surface area contributed by atoms with Crippen LogP contribution in [0.1, 0.15) is 39.5 Å². The van der Waals surface area contributed by atoms with Crippen molar-refractivity contribution >= 4 is 0 Å². The number of hydrogen-bond donors (Lipinski definition) is 2. The highest BCUT2D eigenvalue weighted by Gasteiger charge is 2.29. The maximum absolute atomic E-state index is 9.59. The van der Waals surface area contributed by atoms with Crippen molar-refractivity contribution in [3.05, 3.63) is 0 Å². The largest absolute Gasteiger partial charge is 0.395 e. The Bertz CT molecular complexity index is 217. The van der Waals surface area contributed by atoms with Gasteiger partial charge < -0.3 is 15.7 Å². The van der Waals surface area contributed by atoms with Crippen molar-refractivity contribution in [3.8, 4) is 0 Å². The monoisotopic (exact) mass is 257 g/mol. The first-order chi connectivity index (χ1) is 8.63. The summed E-state index contributed by atoms with van der Waals surface area (Å²) in [6, 6.07) is 0.783. The second kappa shape index (κ2) is 8.10. The Morgan fingerprint density at radius 2 is 1.94 bits per heavy atom. The molecular formula is C14H31N3O. The van der Waals surface area contributed by atoms with E-state index in [4.69, 9.17) is 5.73 Å². The number of nitrogens with zero attached hydrogens (tertiary/aromatic N) is 2. The molecule has 1 aliphatic heterocycles. The minimum atomic E-state index is 0.0919. The normalized spacial score (nSPS) is 22.3. The molecular weight excluding hydrogens is 226 g/mol. The average molecular weight is 257 g/mol. The van der Waals surface area contributed by atoms with Crippen LogP contribution < -0.4 is 5.73 Å². The highest BCUT2D eigenvalue weighted by Crippen LogP contribution is 2.19. The Balaban J connectivity index is 2.48. The Morgan fingerprint density at radius 3 is 2.39 bits per heavy atom. The zero-order chi connectivity index (χ0) is 13.5. The van der Waals surface area contributed by atoms with Gasteiger partial charge in [-0.3, -0.25) is 4.90 Å². The van der Waals surface area contributed by atoms with Crippen LogP contribution in [0.3, 0.4) is 0 Å². The van der Waals surface area contributed by atoms with Crippen LogP contribution in [-0.4, -0.2) is 66.3 Å². The fourth-order valence-electron chi connectivity index (χ4n) is 3.01. The van der Waals surface area contributed by atoms with Crippen LogP contribution >= 0.6 is 0 Å². The lowest BCUT2D eigenvalue weighted by atomic mass is 9.97. The number of likely N-dealkylation sites (tertiary alicyclic amines) is 1. The van der Waals surface area contributed by atoms with Gasteiger partial charge in [0.25, 0.3) is 0 Å². The van der Waals surface area contributed by atoms with Gasteiger partial charge in [0.2, 0.25) is 0 Å². The maximum Gasteiger partial charge on any atom is 0.0601 e. The van der Waals surface area contributed by atoms with E-state index in [0.717, 1.165) is 19.4 Å². The second-order valence-electron chi connectivity index (χ2n) is 5.53. The van der Waals surface area contributed by atoms with Gasteiger partial charge in [0.05, 0.1) is 6.61 Å². The second-order valence-corrected chi connectivity index (χ2v) is 5.53. The Labute approximate surface area is 112 Å². The summed E-state index contributed by atoms with van der Waals surface area (Å²) in [4.78, 5) is 4.82. The molecule has 108 valence electrons. The van der Waals surface area contributed by atoms with E-state index in [2.05, 4.69) is 30.7 Å². The van der Waals surface area contributed by atoms with Gasteiger partial charge in [-0.1, -0.05) is 20.3 Å². The highest BCUT2D eigenvalue weighted by molar-refractivity contribution is 4.86. The van der Waals surface area contributed by atoms with Gasteiger partial charge in [0.1, 0.15) is 0 Å². The summed E-state index contributed by atoms with van der Waals surface area (Å²) in [5.41, 5.74) is 6.19. The number of nitrogens with two attached hydrogens (primary N) is 1. The third kappa shape index (κ3) is 4.19. The molecule has 4 nitrogen and oxygen atoms in total. The van der Waals surface area contributed by atoms with Crippen molar-refractivity contribution in [2.24, 2.45) is 5.73 Å². The maximum atomic E-state index is 9.59. The van der Waals surface area contributed by atoms with Gasteiger partial charge >= 0.3 is 0 Å². The number of likely N-dealkylation sites (N-methyl/N-ethyl adjacent to an activating group) is 1. The average Bonchev–Trinajstić information content (AvgIpc) is 2.40. The van der Waals surface area contributed by atoms with E-state index in [9.17, 15) is 5.11 Å². The molecule has 0 spiro atoms. The van der Waals surface area contributed by atoms with E-state index >= 15 is 0 Å². The van der Waals surface area contributed by atoms with E-state index in [1.807, 2.05) is 0 Å². The zero-order valence-electron chi connectivity index (χ0n) is 12.3. The summed E-state index contributed by atoms with van der Waals surface area (Å²) < 4.78 is 0. The number of rotatable bonds is 7. The molecule has 2 unspecified atom stereocenters. The first-order valence-electron chi connectivity index (χ1n) is 7.44. The smallest absolute Gasteiger partial charge is 0.0601 e. The quantitative estimate of drug-likeness (QED) is 0.711. The summed E-state index contributed by atoms with van der Waals surface area (Å²) in [5, 5.41) is 9.59. The van der Waals surface area contributed by atoms with Crippen LogP contribution in [0, 0.1) is 0 Å². The van der Waals surface area contributed by atoms with Gasteiger partial charge in [-0.15, -0.1) is 0 Å². The molecule has 0 aromatic rings. The molecule has 18 heavy (non-hydrogen) atoms. The molecule has 4 heteroatoms. The van der Waals surface area contributed by atoms with Crippen molar-refractivity contribution < 1.29 is 5.11 Å². The fraction of sp³-hybridized carbons (Fsp3) is 1.00. The van der Waals surface area contributed by atoms with Gasteiger partial charge in [-0.05, 0) is 45.9 Å². The number of hydrogen-bond acceptors (Lipinski definition) is 4. The van der Waals surface area contributed by atoms with E-state index in [1.165, 1.54) is 25.9 Å². The number of aliphatic hydroxyl groups excluding tert-OH is 1. The SMILES string of the molecule is CCCC(N)C(CO)N(C)C1CCN(CC)CC1. The first-order valence-corrected chi connectivity index (χ1v) is 7.44. The summed E-state index contributed by atoms with van der Waals surface area (Å²) in [6.45, 7) is 8.03. The van der Waals surface area contributed by atoms with E-state index in [0.29, 0.717) is 6.04 Å². The minimum Gasteiger partial charge on any atom is -0.395 e.